The van der Waals surface area contributed by atoms with E-state index < -0.39 is 0 Å². The fourth-order valence-electron chi connectivity index (χ4n) is 3.04. The maximum atomic E-state index is 12.3. The minimum Gasteiger partial charge on any atom is -0.352 e. The molecule has 24 heavy (non-hydrogen) atoms. The van der Waals surface area contributed by atoms with Gasteiger partial charge in [0.2, 0.25) is 0 Å². The molecule has 0 saturated carbocycles. The van der Waals surface area contributed by atoms with Crippen molar-refractivity contribution in [3.63, 3.8) is 0 Å². The molecule has 1 aliphatic rings. The number of rotatable bonds is 4. The van der Waals surface area contributed by atoms with Gasteiger partial charge >= 0.3 is 0 Å². The number of halogens is 1. The van der Waals surface area contributed by atoms with Crippen LogP contribution in [0, 0.1) is 0 Å². The lowest BCUT2D eigenvalue weighted by Gasteiger charge is -2.35. The number of amides is 1. The second kappa shape index (κ2) is 7.75. The highest BCUT2D eigenvalue weighted by atomic mass is 79.9. The molecule has 1 atom stereocenters. The van der Waals surface area contributed by atoms with E-state index in [-0.39, 0.29) is 5.91 Å². The van der Waals surface area contributed by atoms with Crippen molar-refractivity contribution >= 4 is 33.3 Å². The molecule has 1 aliphatic heterocycles. The first-order chi connectivity index (χ1) is 11.7. The van der Waals surface area contributed by atoms with E-state index >= 15 is 0 Å². The van der Waals surface area contributed by atoms with Crippen molar-refractivity contribution in [1.29, 1.82) is 0 Å². The van der Waals surface area contributed by atoms with Gasteiger partial charge in [0.05, 0.1) is 12.4 Å². The lowest BCUT2D eigenvalue weighted by Crippen LogP contribution is -2.39. The first kappa shape index (κ1) is 16.9. The third-order valence-electron chi connectivity index (χ3n) is 4.37. The van der Waals surface area contributed by atoms with Crippen LogP contribution in [-0.4, -0.2) is 28.5 Å². The van der Waals surface area contributed by atoms with Gasteiger partial charge in [-0.3, -0.25) is 4.79 Å². The van der Waals surface area contributed by atoms with Crippen molar-refractivity contribution in [2.75, 3.05) is 16.8 Å². The fraction of sp³-hybridized carbons (Fsp3) is 0.389. The van der Waals surface area contributed by atoms with Crippen LogP contribution in [0.2, 0.25) is 0 Å². The zero-order valence-corrected chi connectivity index (χ0v) is 15.3. The van der Waals surface area contributed by atoms with Gasteiger partial charge in [-0.05, 0) is 49.9 Å². The SMILES string of the molecule is CCC1CCCCN1c1cnc(C(=O)Nc2ccc(Br)cc2)cn1. The van der Waals surface area contributed by atoms with Crippen LogP contribution < -0.4 is 10.2 Å². The Morgan fingerprint density at radius 1 is 1.25 bits per heavy atom. The third-order valence-corrected chi connectivity index (χ3v) is 4.89. The number of carbonyl (C=O) groups is 1. The number of benzene rings is 1. The third kappa shape index (κ3) is 3.93. The summed E-state index contributed by atoms with van der Waals surface area (Å²) < 4.78 is 0.969. The monoisotopic (exact) mass is 388 g/mol. The molecular weight excluding hydrogens is 368 g/mol. The Hall–Kier alpha value is -1.95. The minimum absolute atomic E-state index is 0.248. The standard InChI is InChI=1S/C18H21BrN4O/c1-2-15-5-3-4-10-23(15)17-12-20-16(11-21-17)18(24)22-14-8-6-13(19)7-9-14/h6-9,11-12,15H,2-5,10H2,1H3,(H,22,24). The van der Waals surface area contributed by atoms with Gasteiger partial charge in [-0.15, -0.1) is 0 Å². The summed E-state index contributed by atoms with van der Waals surface area (Å²) in [4.78, 5) is 23.4. The molecule has 6 heteroatoms. The highest BCUT2D eigenvalue weighted by Crippen LogP contribution is 2.24. The second-order valence-electron chi connectivity index (χ2n) is 5.97. The summed E-state index contributed by atoms with van der Waals surface area (Å²) in [6.45, 7) is 3.22. The van der Waals surface area contributed by atoms with Crippen molar-refractivity contribution in [2.45, 2.75) is 38.6 Å². The van der Waals surface area contributed by atoms with Crippen molar-refractivity contribution in [3.05, 3.63) is 46.8 Å². The van der Waals surface area contributed by atoms with E-state index in [0.717, 1.165) is 28.9 Å². The molecule has 1 unspecified atom stereocenters. The number of nitrogens with zero attached hydrogens (tertiary/aromatic N) is 3. The van der Waals surface area contributed by atoms with E-state index in [1.54, 1.807) is 12.4 Å². The van der Waals surface area contributed by atoms with Crippen LogP contribution in [0.25, 0.3) is 0 Å². The van der Waals surface area contributed by atoms with E-state index in [0.29, 0.717) is 11.7 Å². The number of piperidine rings is 1. The summed E-state index contributed by atoms with van der Waals surface area (Å²) in [5.41, 5.74) is 1.06. The topological polar surface area (TPSA) is 58.1 Å². The van der Waals surface area contributed by atoms with Crippen LogP contribution in [0.5, 0.6) is 0 Å². The number of hydrogen-bond donors (Lipinski definition) is 1. The predicted molar refractivity (Wildman–Crippen MR) is 99.4 cm³/mol. The smallest absolute Gasteiger partial charge is 0.275 e. The molecule has 0 spiro atoms. The fourth-order valence-corrected chi connectivity index (χ4v) is 3.31. The predicted octanol–water partition coefficient (Wildman–Crippen LogP) is 4.26. The second-order valence-corrected chi connectivity index (χ2v) is 6.89. The van der Waals surface area contributed by atoms with Gasteiger partial charge in [0.1, 0.15) is 11.5 Å². The van der Waals surface area contributed by atoms with Gasteiger partial charge in [-0.25, -0.2) is 9.97 Å². The van der Waals surface area contributed by atoms with E-state index in [9.17, 15) is 4.79 Å². The molecule has 2 aromatic rings. The zero-order chi connectivity index (χ0) is 16.9. The molecule has 0 radical (unpaired) electrons. The van der Waals surface area contributed by atoms with Crippen molar-refractivity contribution in [1.82, 2.24) is 9.97 Å². The van der Waals surface area contributed by atoms with Crippen LogP contribution in [0.1, 0.15) is 43.1 Å². The van der Waals surface area contributed by atoms with E-state index in [2.05, 4.69) is 43.0 Å². The number of hydrogen-bond acceptors (Lipinski definition) is 4. The number of nitrogens with one attached hydrogen (secondary N) is 1. The molecule has 2 heterocycles. The molecule has 3 rings (SSSR count). The van der Waals surface area contributed by atoms with Crippen LogP contribution in [-0.2, 0) is 0 Å². The van der Waals surface area contributed by atoms with Gasteiger partial charge in [0.15, 0.2) is 0 Å². The Labute approximate surface area is 150 Å². The number of anilines is 2. The molecule has 1 amide bonds. The van der Waals surface area contributed by atoms with Gasteiger partial charge in [-0.2, -0.15) is 0 Å². The Morgan fingerprint density at radius 2 is 2.04 bits per heavy atom. The molecule has 1 aromatic carbocycles. The zero-order valence-electron chi connectivity index (χ0n) is 13.7. The Kier molecular flexibility index (Phi) is 5.45. The highest BCUT2D eigenvalue weighted by Gasteiger charge is 2.22. The van der Waals surface area contributed by atoms with Crippen LogP contribution >= 0.6 is 15.9 Å². The summed E-state index contributed by atoms with van der Waals surface area (Å²) in [7, 11) is 0. The molecule has 1 fully saturated rings. The lowest BCUT2D eigenvalue weighted by molar-refractivity contribution is 0.102. The van der Waals surface area contributed by atoms with Crippen molar-refractivity contribution in [3.8, 4) is 0 Å². The van der Waals surface area contributed by atoms with E-state index in [4.69, 9.17) is 0 Å². The summed E-state index contributed by atoms with van der Waals surface area (Å²) in [5.74, 6) is 0.615. The molecule has 0 bridgehead atoms. The van der Waals surface area contributed by atoms with Gasteiger partial charge < -0.3 is 10.2 Å². The van der Waals surface area contributed by atoms with Crippen LogP contribution in [0.15, 0.2) is 41.1 Å². The maximum absolute atomic E-state index is 12.3. The molecule has 1 saturated heterocycles. The van der Waals surface area contributed by atoms with Crippen molar-refractivity contribution in [2.24, 2.45) is 0 Å². The average molecular weight is 389 g/mol. The summed E-state index contributed by atoms with van der Waals surface area (Å²) in [6, 6.07) is 7.96. The lowest BCUT2D eigenvalue weighted by atomic mass is 10.0. The first-order valence-corrected chi connectivity index (χ1v) is 9.12. The first-order valence-electron chi connectivity index (χ1n) is 8.33. The van der Waals surface area contributed by atoms with Gasteiger partial charge in [-0.1, -0.05) is 22.9 Å². The van der Waals surface area contributed by atoms with Gasteiger partial charge in [0.25, 0.3) is 5.91 Å². The molecular formula is C18H21BrN4O. The molecule has 5 nitrogen and oxygen atoms in total. The van der Waals surface area contributed by atoms with Crippen LogP contribution in [0.3, 0.4) is 0 Å². The van der Waals surface area contributed by atoms with Crippen molar-refractivity contribution < 1.29 is 4.79 Å². The minimum atomic E-state index is -0.248. The largest absolute Gasteiger partial charge is 0.352 e. The number of aromatic nitrogens is 2. The molecule has 1 aromatic heterocycles. The van der Waals surface area contributed by atoms with Crippen LogP contribution in [0.4, 0.5) is 11.5 Å². The maximum Gasteiger partial charge on any atom is 0.275 e. The quantitative estimate of drug-likeness (QED) is 0.849. The molecule has 126 valence electrons. The summed E-state index contributed by atoms with van der Waals surface area (Å²) >= 11 is 3.37. The molecule has 1 N–H and O–H groups in total. The Bertz CT molecular complexity index is 687. The highest BCUT2D eigenvalue weighted by molar-refractivity contribution is 9.10. The molecule has 0 aliphatic carbocycles. The number of carbonyl (C=O) groups excluding carboxylic acids is 1. The Morgan fingerprint density at radius 3 is 2.71 bits per heavy atom. The Balaban J connectivity index is 1.69. The van der Waals surface area contributed by atoms with E-state index in [1.807, 2.05) is 24.3 Å². The van der Waals surface area contributed by atoms with Gasteiger partial charge in [0, 0.05) is 22.7 Å². The summed E-state index contributed by atoms with van der Waals surface area (Å²) in [6.07, 6.45) is 8.03. The summed E-state index contributed by atoms with van der Waals surface area (Å²) in [5, 5.41) is 2.83. The average Bonchev–Trinajstić information content (AvgIpc) is 2.63. The normalized spacial score (nSPS) is 17.6. The van der Waals surface area contributed by atoms with E-state index in [1.165, 1.54) is 19.3 Å².